The number of benzene rings is 1. The van der Waals surface area contributed by atoms with Crippen LogP contribution in [0.25, 0.3) is 0 Å². The van der Waals surface area contributed by atoms with E-state index in [-0.39, 0.29) is 0 Å². The summed E-state index contributed by atoms with van der Waals surface area (Å²) in [4.78, 5) is 4.44. The van der Waals surface area contributed by atoms with Gasteiger partial charge in [0, 0.05) is 17.3 Å². The van der Waals surface area contributed by atoms with Gasteiger partial charge < -0.3 is 9.47 Å². The van der Waals surface area contributed by atoms with Crippen molar-refractivity contribution in [2.75, 3.05) is 7.11 Å². The number of pyridine rings is 1. The lowest BCUT2D eigenvalue weighted by Gasteiger charge is -2.13. The summed E-state index contributed by atoms with van der Waals surface area (Å²) in [6, 6.07) is 8.23. The molecule has 2 rings (SSSR count). The number of rotatable bonds is 5. The van der Waals surface area contributed by atoms with E-state index >= 15 is 0 Å². The van der Waals surface area contributed by atoms with E-state index in [1.807, 2.05) is 32.2 Å². The second-order valence-corrected chi connectivity index (χ2v) is 5.56. The Labute approximate surface area is 126 Å². The molecule has 0 unspecified atom stereocenters. The van der Waals surface area contributed by atoms with E-state index < -0.39 is 0 Å². The molecule has 1 aromatic heterocycles. The lowest BCUT2D eigenvalue weighted by atomic mass is 10.0. The summed E-state index contributed by atoms with van der Waals surface area (Å²) in [5, 5.41) is 0. The lowest BCUT2D eigenvalue weighted by molar-refractivity contribution is 0.298. The van der Waals surface area contributed by atoms with Crippen LogP contribution >= 0.6 is 0 Å². The van der Waals surface area contributed by atoms with Crippen molar-refractivity contribution in [3.8, 4) is 11.5 Å². The molecule has 0 aliphatic heterocycles. The van der Waals surface area contributed by atoms with Crippen LogP contribution in [0.4, 0.5) is 0 Å². The molecule has 0 saturated carbocycles. The largest absolute Gasteiger partial charge is 0.496 e. The van der Waals surface area contributed by atoms with Crippen LogP contribution in [-0.2, 0) is 6.61 Å². The first-order chi connectivity index (χ1) is 10.0. The monoisotopic (exact) mass is 285 g/mol. The number of aromatic nitrogens is 1. The number of aryl methyl sites for hydroxylation is 1. The maximum atomic E-state index is 5.83. The Bertz CT molecular complexity index is 603. The molecule has 0 bridgehead atoms. The molecule has 0 N–H and O–H groups in total. The van der Waals surface area contributed by atoms with Gasteiger partial charge in [-0.3, -0.25) is 4.98 Å². The lowest BCUT2D eigenvalue weighted by Crippen LogP contribution is -2.04. The molecule has 21 heavy (non-hydrogen) atoms. The Morgan fingerprint density at radius 3 is 2.33 bits per heavy atom. The van der Waals surface area contributed by atoms with Crippen molar-refractivity contribution >= 4 is 0 Å². The van der Waals surface area contributed by atoms with Crippen molar-refractivity contribution < 1.29 is 9.47 Å². The molecule has 0 amide bonds. The Morgan fingerprint density at radius 1 is 1.10 bits per heavy atom. The third-order valence-electron chi connectivity index (χ3n) is 3.67. The highest BCUT2D eigenvalue weighted by atomic mass is 16.5. The molecule has 0 radical (unpaired) electrons. The summed E-state index contributed by atoms with van der Waals surface area (Å²) in [5.41, 5.74) is 4.30. The molecular formula is C18H23NO2. The van der Waals surface area contributed by atoms with Crippen molar-refractivity contribution in [1.29, 1.82) is 0 Å². The van der Waals surface area contributed by atoms with Gasteiger partial charge in [-0.05, 0) is 37.5 Å². The smallest absolute Gasteiger partial charge is 0.131 e. The summed E-state index contributed by atoms with van der Waals surface area (Å²) in [6.45, 7) is 8.82. The van der Waals surface area contributed by atoms with E-state index in [0.29, 0.717) is 12.5 Å². The first-order valence-electron chi connectivity index (χ1n) is 7.24. The fourth-order valence-electron chi connectivity index (χ4n) is 2.32. The molecule has 3 heteroatoms. The summed E-state index contributed by atoms with van der Waals surface area (Å²) >= 11 is 0. The molecule has 0 fully saturated rings. The van der Waals surface area contributed by atoms with Gasteiger partial charge >= 0.3 is 0 Å². The minimum absolute atomic E-state index is 0.448. The van der Waals surface area contributed by atoms with E-state index in [2.05, 4.69) is 31.0 Å². The van der Waals surface area contributed by atoms with E-state index in [0.717, 1.165) is 28.3 Å². The molecule has 0 saturated heterocycles. The van der Waals surface area contributed by atoms with Crippen molar-refractivity contribution in [2.45, 2.75) is 40.2 Å². The molecule has 1 heterocycles. The van der Waals surface area contributed by atoms with Gasteiger partial charge in [-0.2, -0.15) is 0 Å². The van der Waals surface area contributed by atoms with Crippen LogP contribution in [0.3, 0.4) is 0 Å². The van der Waals surface area contributed by atoms with E-state index in [1.165, 1.54) is 5.56 Å². The first kappa shape index (κ1) is 15.4. The van der Waals surface area contributed by atoms with E-state index in [4.69, 9.17) is 9.47 Å². The van der Waals surface area contributed by atoms with E-state index in [1.54, 1.807) is 7.11 Å². The van der Waals surface area contributed by atoms with Gasteiger partial charge in [-0.25, -0.2) is 0 Å². The summed E-state index contributed by atoms with van der Waals surface area (Å²) in [7, 11) is 1.69. The number of ether oxygens (including phenoxy) is 2. The van der Waals surface area contributed by atoms with Crippen LogP contribution in [0, 0.1) is 13.8 Å². The predicted octanol–water partition coefficient (Wildman–Crippen LogP) is 4.41. The first-order valence-corrected chi connectivity index (χ1v) is 7.24. The highest BCUT2D eigenvalue weighted by Gasteiger charge is 2.10. The molecule has 0 spiro atoms. The highest BCUT2D eigenvalue weighted by Crippen LogP contribution is 2.25. The quantitative estimate of drug-likeness (QED) is 0.815. The molecule has 0 atom stereocenters. The van der Waals surface area contributed by atoms with Crippen molar-refractivity contribution in [1.82, 2.24) is 4.98 Å². The van der Waals surface area contributed by atoms with Gasteiger partial charge in [0.05, 0.1) is 12.8 Å². The zero-order valence-electron chi connectivity index (χ0n) is 13.4. The zero-order valence-corrected chi connectivity index (χ0v) is 13.4. The van der Waals surface area contributed by atoms with Gasteiger partial charge in [0.15, 0.2) is 0 Å². The second-order valence-electron chi connectivity index (χ2n) is 5.56. The number of hydrogen-bond donors (Lipinski definition) is 0. The zero-order chi connectivity index (χ0) is 15.4. The van der Waals surface area contributed by atoms with Gasteiger partial charge in [0.2, 0.25) is 0 Å². The molecular weight excluding hydrogens is 262 g/mol. The fraction of sp³-hybridized carbons (Fsp3) is 0.389. The summed E-state index contributed by atoms with van der Waals surface area (Å²) in [5.74, 6) is 2.28. The van der Waals surface area contributed by atoms with Crippen LogP contribution in [-0.4, -0.2) is 12.1 Å². The summed E-state index contributed by atoms with van der Waals surface area (Å²) in [6.07, 6.45) is 1.83. The molecule has 112 valence electrons. The van der Waals surface area contributed by atoms with Gasteiger partial charge in [0.25, 0.3) is 0 Å². The Kier molecular flexibility index (Phi) is 4.84. The van der Waals surface area contributed by atoms with Gasteiger partial charge in [0.1, 0.15) is 18.1 Å². The maximum absolute atomic E-state index is 5.83. The van der Waals surface area contributed by atoms with Crippen LogP contribution in [0.5, 0.6) is 11.5 Å². The molecule has 0 aliphatic carbocycles. The average Bonchev–Trinajstić information content (AvgIpc) is 2.47. The third-order valence-corrected chi connectivity index (χ3v) is 3.67. The molecule has 3 nitrogen and oxygen atoms in total. The molecule has 1 aromatic carbocycles. The fourth-order valence-corrected chi connectivity index (χ4v) is 2.32. The molecule has 0 aliphatic rings. The second kappa shape index (κ2) is 6.61. The Hall–Kier alpha value is -2.03. The average molecular weight is 285 g/mol. The van der Waals surface area contributed by atoms with Crippen LogP contribution in [0.2, 0.25) is 0 Å². The minimum Gasteiger partial charge on any atom is -0.496 e. The third kappa shape index (κ3) is 3.54. The highest BCUT2D eigenvalue weighted by molar-refractivity contribution is 5.41. The predicted molar refractivity (Wildman–Crippen MR) is 85.1 cm³/mol. The van der Waals surface area contributed by atoms with Gasteiger partial charge in [-0.15, -0.1) is 0 Å². The Morgan fingerprint density at radius 2 is 1.76 bits per heavy atom. The van der Waals surface area contributed by atoms with Gasteiger partial charge in [-0.1, -0.05) is 26.0 Å². The molecule has 2 aromatic rings. The van der Waals surface area contributed by atoms with E-state index in [9.17, 15) is 0 Å². The SMILES string of the molecule is COc1c(C)cnc(COc2ccc(C(C)C)cc2)c1C. The normalized spacial score (nSPS) is 10.8. The Balaban J connectivity index is 2.09. The van der Waals surface area contributed by atoms with Crippen LogP contribution in [0.15, 0.2) is 30.5 Å². The van der Waals surface area contributed by atoms with Crippen molar-refractivity contribution in [3.05, 3.63) is 52.8 Å². The van der Waals surface area contributed by atoms with Crippen LogP contribution < -0.4 is 9.47 Å². The van der Waals surface area contributed by atoms with Crippen molar-refractivity contribution in [2.24, 2.45) is 0 Å². The number of nitrogens with zero attached hydrogens (tertiary/aromatic N) is 1. The number of hydrogen-bond acceptors (Lipinski definition) is 3. The topological polar surface area (TPSA) is 31.4 Å². The minimum atomic E-state index is 0.448. The van der Waals surface area contributed by atoms with Crippen molar-refractivity contribution in [3.63, 3.8) is 0 Å². The maximum Gasteiger partial charge on any atom is 0.131 e. The number of methoxy groups -OCH3 is 1. The van der Waals surface area contributed by atoms with Crippen LogP contribution in [0.1, 0.15) is 42.1 Å². The standard InChI is InChI=1S/C18H23NO2/c1-12(2)15-6-8-16(9-7-15)21-11-17-14(4)18(20-5)13(3)10-19-17/h6-10,12H,11H2,1-5H3. The summed E-state index contributed by atoms with van der Waals surface area (Å²) < 4.78 is 11.2.